The van der Waals surface area contributed by atoms with Gasteiger partial charge in [-0.2, -0.15) is 0 Å². The van der Waals surface area contributed by atoms with Crippen LogP contribution in [0.25, 0.3) is 0 Å². The Labute approximate surface area is 131 Å². The van der Waals surface area contributed by atoms with Crippen molar-refractivity contribution in [3.63, 3.8) is 0 Å². The molecular weight excluding hydrogens is 306 g/mol. The average molecular weight is 329 g/mol. The Kier molecular flexibility index (Phi) is 5.23. The van der Waals surface area contributed by atoms with Gasteiger partial charge in [0, 0.05) is 20.3 Å². The lowest BCUT2D eigenvalue weighted by Crippen LogP contribution is -2.24. The van der Waals surface area contributed by atoms with Gasteiger partial charge in [-0.15, -0.1) is 0 Å². The molecule has 0 amide bonds. The third-order valence-electron chi connectivity index (χ3n) is 4.19. The van der Waals surface area contributed by atoms with Crippen molar-refractivity contribution in [1.29, 1.82) is 0 Å². The molecule has 22 heavy (non-hydrogen) atoms. The molecule has 2 rings (SSSR count). The fourth-order valence-electron chi connectivity index (χ4n) is 2.85. The first-order valence-electron chi connectivity index (χ1n) is 7.40. The van der Waals surface area contributed by atoms with Crippen LogP contribution in [0.4, 0.5) is 0 Å². The SMILES string of the molecule is COC(=O)C(CC1CCCC1)n1cnc(S(=O)(=O)N(C)C)c1. The second-order valence-corrected chi connectivity index (χ2v) is 7.97. The van der Waals surface area contributed by atoms with Crippen LogP contribution >= 0.6 is 0 Å². The van der Waals surface area contributed by atoms with Gasteiger partial charge in [0.1, 0.15) is 6.04 Å². The normalized spacial score (nSPS) is 17.8. The predicted molar refractivity (Wildman–Crippen MR) is 80.7 cm³/mol. The molecule has 1 unspecified atom stereocenters. The Morgan fingerprint density at radius 1 is 1.45 bits per heavy atom. The minimum atomic E-state index is -3.60. The molecule has 0 radical (unpaired) electrons. The van der Waals surface area contributed by atoms with E-state index in [0.717, 1.165) is 17.1 Å². The van der Waals surface area contributed by atoms with Crippen molar-refractivity contribution >= 4 is 16.0 Å². The van der Waals surface area contributed by atoms with E-state index in [0.29, 0.717) is 12.3 Å². The summed E-state index contributed by atoms with van der Waals surface area (Å²) in [5, 5.41) is -0.0576. The average Bonchev–Trinajstić information content (AvgIpc) is 3.15. The number of esters is 1. The number of imidazole rings is 1. The fourth-order valence-corrected chi connectivity index (χ4v) is 3.66. The zero-order valence-corrected chi connectivity index (χ0v) is 14.0. The summed E-state index contributed by atoms with van der Waals surface area (Å²) in [6.45, 7) is 0. The van der Waals surface area contributed by atoms with Gasteiger partial charge in [-0.3, -0.25) is 0 Å². The van der Waals surface area contributed by atoms with E-state index in [-0.39, 0.29) is 11.0 Å². The van der Waals surface area contributed by atoms with Gasteiger partial charge in [0.25, 0.3) is 10.0 Å². The number of aromatic nitrogens is 2. The lowest BCUT2D eigenvalue weighted by molar-refractivity contribution is -0.145. The number of sulfonamides is 1. The highest BCUT2D eigenvalue weighted by Gasteiger charge is 2.29. The second kappa shape index (κ2) is 6.78. The van der Waals surface area contributed by atoms with Crippen LogP contribution in [0.3, 0.4) is 0 Å². The zero-order valence-electron chi connectivity index (χ0n) is 13.2. The number of nitrogens with zero attached hydrogens (tertiary/aromatic N) is 3. The van der Waals surface area contributed by atoms with E-state index in [1.165, 1.54) is 46.6 Å². The number of rotatable bonds is 6. The smallest absolute Gasteiger partial charge is 0.328 e. The molecule has 0 aromatic carbocycles. The standard InChI is InChI=1S/C14H23N3O4S/c1-16(2)22(19,20)13-9-17(10-15-13)12(14(18)21-3)8-11-6-4-5-7-11/h9-12H,4-8H2,1-3H3. The van der Waals surface area contributed by atoms with Crippen molar-refractivity contribution in [3.8, 4) is 0 Å². The van der Waals surface area contributed by atoms with E-state index in [4.69, 9.17) is 4.74 Å². The topological polar surface area (TPSA) is 81.5 Å². The summed E-state index contributed by atoms with van der Waals surface area (Å²) < 4.78 is 31.7. The minimum Gasteiger partial charge on any atom is -0.467 e. The largest absolute Gasteiger partial charge is 0.467 e. The molecule has 8 heteroatoms. The van der Waals surface area contributed by atoms with E-state index < -0.39 is 16.1 Å². The summed E-state index contributed by atoms with van der Waals surface area (Å²) in [5.41, 5.74) is 0. The summed E-state index contributed by atoms with van der Waals surface area (Å²) in [6, 6.07) is -0.522. The molecule has 7 nitrogen and oxygen atoms in total. The number of methoxy groups -OCH3 is 1. The van der Waals surface area contributed by atoms with E-state index in [2.05, 4.69) is 4.98 Å². The Morgan fingerprint density at radius 3 is 2.64 bits per heavy atom. The lowest BCUT2D eigenvalue weighted by Gasteiger charge is -2.19. The third-order valence-corrected chi connectivity index (χ3v) is 5.89. The van der Waals surface area contributed by atoms with Crippen LogP contribution in [-0.2, 0) is 19.6 Å². The number of hydrogen-bond acceptors (Lipinski definition) is 5. The molecule has 1 atom stereocenters. The van der Waals surface area contributed by atoms with Gasteiger partial charge in [-0.25, -0.2) is 22.5 Å². The molecule has 0 saturated heterocycles. The van der Waals surface area contributed by atoms with Gasteiger partial charge in [0.15, 0.2) is 5.03 Å². The van der Waals surface area contributed by atoms with Gasteiger partial charge >= 0.3 is 5.97 Å². The summed E-state index contributed by atoms with van der Waals surface area (Å²) in [5.74, 6) is 0.110. The van der Waals surface area contributed by atoms with Crippen molar-refractivity contribution in [1.82, 2.24) is 13.9 Å². The second-order valence-electron chi connectivity index (χ2n) is 5.87. The summed E-state index contributed by atoms with van der Waals surface area (Å²) in [7, 11) is 0.644. The van der Waals surface area contributed by atoms with Crippen LogP contribution in [0, 0.1) is 5.92 Å². The van der Waals surface area contributed by atoms with Crippen LogP contribution < -0.4 is 0 Å². The third kappa shape index (κ3) is 3.49. The van der Waals surface area contributed by atoms with Gasteiger partial charge in [0.2, 0.25) is 0 Å². The van der Waals surface area contributed by atoms with Crippen LogP contribution in [0.15, 0.2) is 17.6 Å². The number of hydrogen-bond donors (Lipinski definition) is 0. The highest BCUT2D eigenvalue weighted by molar-refractivity contribution is 7.89. The number of carbonyl (C=O) groups is 1. The maximum Gasteiger partial charge on any atom is 0.328 e. The predicted octanol–water partition coefficient (Wildman–Crippen LogP) is 1.43. The quantitative estimate of drug-likeness (QED) is 0.737. The molecule has 1 heterocycles. The maximum absolute atomic E-state index is 12.1. The molecular formula is C14H23N3O4S. The molecule has 1 aromatic heterocycles. The van der Waals surface area contributed by atoms with E-state index in [1.54, 1.807) is 4.57 Å². The van der Waals surface area contributed by atoms with E-state index >= 15 is 0 Å². The minimum absolute atomic E-state index is 0.0576. The lowest BCUT2D eigenvalue weighted by atomic mass is 9.98. The Hall–Kier alpha value is -1.41. The highest BCUT2D eigenvalue weighted by Crippen LogP contribution is 2.32. The van der Waals surface area contributed by atoms with E-state index in [1.807, 2.05) is 0 Å². The summed E-state index contributed by atoms with van der Waals surface area (Å²) in [6.07, 6.45) is 8.03. The first-order chi connectivity index (χ1) is 10.4. The Morgan fingerprint density at radius 2 is 2.09 bits per heavy atom. The van der Waals surface area contributed by atoms with Gasteiger partial charge in [-0.05, 0) is 12.3 Å². The van der Waals surface area contributed by atoms with Gasteiger partial charge in [-0.1, -0.05) is 25.7 Å². The Balaban J connectivity index is 2.24. The van der Waals surface area contributed by atoms with Crippen molar-refractivity contribution in [2.24, 2.45) is 5.92 Å². The molecule has 124 valence electrons. The fraction of sp³-hybridized carbons (Fsp3) is 0.714. The van der Waals surface area contributed by atoms with Crippen molar-refractivity contribution in [2.45, 2.75) is 43.2 Å². The van der Waals surface area contributed by atoms with Crippen LogP contribution in [0.1, 0.15) is 38.1 Å². The van der Waals surface area contributed by atoms with Crippen molar-refractivity contribution in [2.75, 3.05) is 21.2 Å². The molecule has 0 aliphatic heterocycles. The van der Waals surface area contributed by atoms with Gasteiger partial charge in [0.05, 0.1) is 13.4 Å². The van der Waals surface area contributed by atoms with Crippen molar-refractivity contribution in [3.05, 3.63) is 12.5 Å². The van der Waals surface area contributed by atoms with Crippen LogP contribution in [0.5, 0.6) is 0 Å². The molecule has 1 fully saturated rings. The van der Waals surface area contributed by atoms with Crippen molar-refractivity contribution < 1.29 is 17.9 Å². The molecule has 0 spiro atoms. The molecule has 0 bridgehead atoms. The zero-order chi connectivity index (χ0) is 16.3. The molecule has 1 aromatic rings. The van der Waals surface area contributed by atoms with Crippen LogP contribution in [0.2, 0.25) is 0 Å². The Bertz CT molecular complexity index is 618. The first kappa shape index (κ1) is 17.0. The number of carbonyl (C=O) groups excluding carboxylic acids is 1. The summed E-state index contributed by atoms with van der Waals surface area (Å²) >= 11 is 0. The number of ether oxygens (including phenoxy) is 1. The molecule has 1 aliphatic carbocycles. The maximum atomic E-state index is 12.1. The molecule has 1 aliphatic rings. The summed E-state index contributed by atoms with van der Waals surface area (Å²) in [4.78, 5) is 16.0. The highest BCUT2D eigenvalue weighted by atomic mass is 32.2. The van der Waals surface area contributed by atoms with E-state index in [9.17, 15) is 13.2 Å². The van der Waals surface area contributed by atoms with Crippen LogP contribution in [-0.4, -0.2) is 49.4 Å². The van der Waals surface area contributed by atoms with Gasteiger partial charge < -0.3 is 9.30 Å². The monoisotopic (exact) mass is 329 g/mol. The molecule has 0 N–H and O–H groups in total. The molecule has 1 saturated carbocycles. The first-order valence-corrected chi connectivity index (χ1v) is 8.84.